The largest absolute Gasteiger partial charge is 0.381 e. The normalized spacial score (nSPS) is 21.7. The Hall–Kier alpha value is -1.14. The molecule has 4 N–H and O–H groups in total. The second-order valence-corrected chi connectivity index (χ2v) is 3.90. The fourth-order valence-electron chi connectivity index (χ4n) is 1.56. The first-order chi connectivity index (χ1) is 7.59. The molecule has 0 aromatic rings. The van der Waals surface area contributed by atoms with E-state index < -0.39 is 12.0 Å². The Labute approximate surface area is 94.1 Å². The van der Waals surface area contributed by atoms with E-state index >= 15 is 0 Å². The highest BCUT2D eigenvalue weighted by Crippen LogP contribution is 2.16. The van der Waals surface area contributed by atoms with E-state index in [2.05, 4.69) is 5.32 Å². The first-order valence-electron chi connectivity index (χ1n) is 5.45. The van der Waals surface area contributed by atoms with Crippen molar-refractivity contribution < 1.29 is 19.4 Å². The molecule has 6 nitrogen and oxygen atoms in total. The Kier molecular flexibility index (Phi) is 5.21. The lowest BCUT2D eigenvalue weighted by Gasteiger charge is -2.10. The average molecular weight is 230 g/mol. The lowest BCUT2D eigenvalue weighted by Crippen LogP contribution is -2.40. The summed E-state index contributed by atoms with van der Waals surface area (Å²) in [5.41, 5.74) is 4.84. The van der Waals surface area contributed by atoms with Crippen LogP contribution in [0.2, 0.25) is 0 Å². The van der Waals surface area contributed by atoms with Gasteiger partial charge in [-0.2, -0.15) is 0 Å². The van der Waals surface area contributed by atoms with Crippen LogP contribution in [0, 0.1) is 0 Å². The van der Waals surface area contributed by atoms with Crippen LogP contribution in [0.15, 0.2) is 0 Å². The molecule has 1 saturated heterocycles. The minimum atomic E-state index is -1.31. The highest BCUT2D eigenvalue weighted by molar-refractivity contribution is 5.80. The standard InChI is InChI=1S/C10H18N2O4/c11-10(15)8(13)6-12-9(14)4-3-7-2-1-5-16-7/h7-8,13H,1-6H2,(H2,11,15)(H,12,14). The summed E-state index contributed by atoms with van der Waals surface area (Å²) in [7, 11) is 0. The Balaban J connectivity index is 2.08. The molecule has 6 heteroatoms. The quantitative estimate of drug-likeness (QED) is 0.539. The molecular formula is C10H18N2O4. The van der Waals surface area contributed by atoms with Gasteiger partial charge in [0.15, 0.2) is 0 Å². The molecule has 1 aliphatic rings. The third-order valence-corrected chi connectivity index (χ3v) is 2.54. The first-order valence-corrected chi connectivity index (χ1v) is 5.45. The molecule has 92 valence electrons. The summed E-state index contributed by atoms with van der Waals surface area (Å²) < 4.78 is 5.36. The summed E-state index contributed by atoms with van der Waals surface area (Å²) in [6, 6.07) is 0. The number of nitrogens with one attached hydrogen (secondary N) is 1. The van der Waals surface area contributed by atoms with Crippen LogP contribution in [-0.4, -0.2) is 42.3 Å². The lowest BCUT2D eigenvalue weighted by molar-refractivity contribution is -0.127. The lowest BCUT2D eigenvalue weighted by atomic mass is 10.1. The maximum atomic E-state index is 11.3. The van der Waals surface area contributed by atoms with Crippen LogP contribution < -0.4 is 11.1 Å². The molecular weight excluding hydrogens is 212 g/mol. The summed E-state index contributed by atoms with van der Waals surface area (Å²) in [4.78, 5) is 21.8. The van der Waals surface area contributed by atoms with E-state index in [1.165, 1.54) is 0 Å². The van der Waals surface area contributed by atoms with Gasteiger partial charge >= 0.3 is 0 Å². The molecule has 1 fully saturated rings. The number of carbonyl (C=O) groups is 2. The highest BCUT2D eigenvalue weighted by Gasteiger charge is 2.17. The molecule has 0 aliphatic carbocycles. The number of hydrogen-bond acceptors (Lipinski definition) is 4. The van der Waals surface area contributed by atoms with E-state index in [0.717, 1.165) is 19.4 Å². The average Bonchev–Trinajstić information content (AvgIpc) is 2.75. The number of primary amides is 1. The van der Waals surface area contributed by atoms with E-state index in [4.69, 9.17) is 15.6 Å². The van der Waals surface area contributed by atoms with Crippen molar-refractivity contribution in [1.29, 1.82) is 0 Å². The topological polar surface area (TPSA) is 102 Å². The number of carbonyl (C=O) groups excluding carboxylic acids is 2. The molecule has 2 amide bonds. The third-order valence-electron chi connectivity index (χ3n) is 2.54. The number of amides is 2. The number of aliphatic hydroxyl groups is 1. The van der Waals surface area contributed by atoms with Gasteiger partial charge in [0.25, 0.3) is 0 Å². The van der Waals surface area contributed by atoms with Gasteiger partial charge in [0.05, 0.1) is 12.6 Å². The Morgan fingerprint density at radius 1 is 1.56 bits per heavy atom. The van der Waals surface area contributed by atoms with Crippen LogP contribution in [0.5, 0.6) is 0 Å². The third kappa shape index (κ3) is 4.59. The molecule has 0 spiro atoms. The summed E-state index contributed by atoms with van der Waals surface area (Å²) >= 11 is 0. The van der Waals surface area contributed by atoms with Crippen LogP contribution >= 0.6 is 0 Å². The molecule has 16 heavy (non-hydrogen) atoms. The highest BCUT2D eigenvalue weighted by atomic mass is 16.5. The van der Waals surface area contributed by atoms with Gasteiger partial charge in [-0.3, -0.25) is 9.59 Å². The van der Waals surface area contributed by atoms with Crippen molar-refractivity contribution >= 4 is 11.8 Å². The smallest absolute Gasteiger partial charge is 0.248 e. The number of aliphatic hydroxyl groups excluding tert-OH is 1. The van der Waals surface area contributed by atoms with Crippen LogP contribution in [0.3, 0.4) is 0 Å². The fourth-order valence-corrected chi connectivity index (χ4v) is 1.56. The zero-order chi connectivity index (χ0) is 12.0. The van der Waals surface area contributed by atoms with Crippen LogP contribution in [0.4, 0.5) is 0 Å². The molecule has 0 bridgehead atoms. The number of ether oxygens (including phenoxy) is 1. The van der Waals surface area contributed by atoms with Gasteiger partial charge in [0.1, 0.15) is 6.10 Å². The van der Waals surface area contributed by atoms with Gasteiger partial charge in [0, 0.05) is 13.0 Å². The van der Waals surface area contributed by atoms with Gasteiger partial charge in [-0.25, -0.2) is 0 Å². The molecule has 1 heterocycles. The summed E-state index contributed by atoms with van der Waals surface area (Å²) in [5, 5.41) is 11.5. The number of hydrogen-bond donors (Lipinski definition) is 3. The van der Waals surface area contributed by atoms with Gasteiger partial charge in [-0.15, -0.1) is 0 Å². The van der Waals surface area contributed by atoms with Gasteiger partial charge in [-0.1, -0.05) is 0 Å². The summed E-state index contributed by atoms with van der Waals surface area (Å²) in [5.74, 6) is -1.03. The van der Waals surface area contributed by atoms with Crippen molar-refractivity contribution in [3.63, 3.8) is 0 Å². The zero-order valence-electron chi connectivity index (χ0n) is 9.15. The molecule has 0 aromatic carbocycles. The molecule has 2 unspecified atom stereocenters. The maximum absolute atomic E-state index is 11.3. The monoisotopic (exact) mass is 230 g/mol. The minimum absolute atomic E-state index is 0.125. The molecule has 0 radical (unpaired) electrons. The van der Waals surface area contributed by atoms with Crippen LogP contribution in [0.1, 0.15) is 25.7 Å². The van der Waals surface area contributed by atoms with E-state index in [1.807, 2.05) is 0 Å². The molecule has 0 aromatic heterocycles. The Bertz CT molecular complexity index is 251. The van der Waals surface area contributed by atoms with Crippen molar-refractivity contribution in [1.82, 2.24) is 5.32 Å². The Morgan fingerprint density at radius 2 is 2.31 bits per heavy atom. The van der Waals surface area contributed by atoms with Gasteiger partial charge in [-0.05, 0) is 19.3 Å². The zero-order valence-corrected chi connectivity index (χ0v) is 9.15. The first kappa shape index (κ1) is 12.9. The minimum Gasteiger partial charge on any atom is -0.381 e. The van der Waals surface area contributed by atoms with Gasteiger partial charge in [0.2, 0.25) is 11.8 Å². The number of rotatable bonds is 6. The van der Waals surface area contributed by atoms with Crippen molar-refractivity contribution in [2.45, 2.75) is 37.9 Å². The second kappa shape index (κ2) is 6.44. The van der Waals surface area contributed by atoms with Crippen molar-refractivity contribution in [2.24, 2.45) is 5.73 Å². The predicted molar refractivity (Wildman–Crippen MR) is 56.4 cm³/mol. The fraction of sp³-hybridized carbons (Fsp3) is 0.800. The van der Waals surface area contributed by atoms with E-state index in [9.17, 15) is 9.59 Å². The SMILES string of the molecule is NC(=O)C(O)CNC(=O)CCC1CCCO1. The van der Waals surface area contributed by atoms with E-state index in [0.29, 0.717) is 12.8 Å². The predicted octanol–water partition coefficient (Wildman–Crippen LogP) is -1.09. The Morgan fingerprint density at radius 3 is 2.88 bits per heavy atom. The van der Waals surface area contributed by atoms with Gasteiger partial charge < -0.3 is 20.9 Å². The maximum Gasteiger partial charge on any atom is 0.248 e. The van der Waals surface area contributed by atoms with Crippen molar-refractivity contribution in [3.05, 3.63) is 0 Å². The van der Waals surface area contributed by atoms with E-state index in [1.54, 1.807) is 0 Å². The number of nitrogens with two attached hydrogens (primary N) is 1. The van der Waals surface area contributed by atoms with Crippen molar-refractivity contribution in [3.8, 4) is 0 Å². The second-order valence-electron chi connectivity index (χ2n) is 3.90. The summed E-state index contributed by atoms with van der Waals surface area (Å²) in [6.45, 7) is 0.645. The molecule has 1 rings (SSSR count). The van der Waals surface area contributed by atoms with Crippen LogP contribution in [0.25, 0.3) is 0 Å². The van der Waals surface area contributed by atoms with Crippen LogP contribution in [-0.2, 0) is 14.3 Å². The summed E-state index contributed by atoms with van der Waals surface area (Å²) in [6.07, 6.45) is 1.93. The van der Waals surface area contributed by atoms with Crippen molar-refractivity contribution in [2.75, 3.05) is 13.2 Å². The molecule has 1 aliphatic heterocycles. The molecule has 2 atom stereocenters. The molecule has 0 saturated carbocycles. The van der Waals surface area contributed by atoms with E-state index in [-0.39, 0.29) is 18.6 Å².